The van der Waals surface area contributed by atoms with E-state index >= 15 is 0 Å². The lowest BCUT2D eigenvalue weighted by Crippen LogP contribution is -1.84. The Balaban J connectivity index is 0.936. The molecule has 0 N–H and O–H groups in total. The van der Waals surface area contributed by atoms with Crippen molar-refractivity contribution in [1.29, 1.82) is 0 Å². The molecule has 0 unspecified atom stereocenters. The fourth-order valence-corrected chi connectivity index (χ4v) is 11.3. The monoisotopic (exact) mass is 839 g/mol. The first-order chi connectivity index (χ1) is 32.6. The lowest BCUT2D eigenvalue weighted by atomic mass is 9.95. The molecule has 0 radical (unpaired) electrons. The number of aromatic nitrogens is 1. The third-order valence-electron chi connectivity index (χ3n) is 14.4. The zero-order valence-electron chi connectivity index (χ0n) is 35.2. The van der Waals surface area contributed by atoms with Gasteiger partial charge in [0, 0.05) is 53.9 Å². The molecule has 0 saturated heterocycles. The Morgan fingerprint density at radius 1 is 0.227 bits per heavy atom. The third-order valence-corrected chi connectivity index (χ3v) is 14.4. The average molecular weight is 840 g/mol. The van der Waals surface area contributed by atoms with Gasteiger partial charge >= 0.3 is 0 Å². The van der Waals surface area contributed by atoms with Crippen LogP contribution in [0.25, 0.3) is 159 Å². The van der Waals surface area contributed by atoms with Gasteiger partial charge in [0.1, 0.15) is 33.5 Å². The average Bonchev–Trinajstić information content (AvgIpc) is 4.18. The molecule has 0 fully saturated rings. The maximum Gasteiger partial charge on any atom is 0.135 e. The first-order valence-corrected chi connectivity index (χ1v) is 22.5. The van der Waals surface area contributed by atoms with Gasteiger partial charge < -0.3 is 17.7 Å². The van der Waals surface area contributed by atoms with Gasteiger partial charge in [-0.1, -0.05) is 97.1 Å². The molecule has 0 aliphatic carbocycles. The van der Waals surface area contributed by atoms with Crippen molar-refractivity contribution in [2.45, 2.75) is 0 Å². The minimum absolute atomic E-state index is 0.903. The van der Waals surface area contributed by atoms with Gasteiger partial charge in [0.05, 0.1) is 16.6 Å². The zero-order valence-corrected chi connectivity index (χ0v) is 35.2. The second-order valence-electron chi connectivity index (χ2n) is 18.0. The molecule has 0 aliphatic heterocycles. The Kier molecular flexibility index (Phi) is 6.52. The number of nitrogens with zero attached hydrogens (tertiary/aromatic N) is 1. The minimum Gasteiger partial charge on any atom is -0.456 e. The summed E-state index contributed by atoms with van der Waals surface area (Å²) in [6.45, 7) is 0. The molecule has 16 aromatic rings. The molecule has 0 saturated carbocycles. The molecule has 304 valence electrons. The molecule has 4 nitrogen and oxygen atoms in total. The van der Waals surface area contributed by atoms with Crippen LogP contribution in [0.5, 0.6) is 0 Å². The number of hydrogen-bond acceptors (Lipinski definition) is 3. The van der Waals surface area contributed by atoms with Gasteiger partial charge in [-0.2, -0.15) is 0 Å². The summed E-state index contributed by atoms with van der Waals surface area (Å²) in [6, 6.07) is 72.9. The number of benzene rings is 11. The quantitative estimate of drug-likeness (QED) is 0.178. The molecular formula is C62H33NO3. The van der Waals surface area contributed by atoms with E-state index in [1.807, 2.05) is 36.4 Å². The van der Waals surface area contributed by atoms with Crippen LogP contribution in [0.15, 0.2) is 213 Å². The Labute approximate surface area is 375 Å². The van der Waals surface area contributed by atoms with Gasteiger partial charge in [0.2, 0.25) is 0 Å². The van der Waals surface area contributed by atoms with E-state index in [1.165, 1.54) is 93.0 Å². The van der Waals surface area contributed by atoms with E-state index in [9.17, 15) is 0 Å². The Morgan fingerprint density at radius 3 is 1.02 bits per heavy atom. The van der Waals surface area contributed by atoms with Crippen molar-refractivity contribution in [3.05, 3.63) is 200 Å². The Bertz CT molecular complexity index is 4520. The van der Waals surface area contributed by atoms with Gasteiger partial charge in [-0.15, -0.1) is 0 Å². The summed E-state index contributed by atoms with van der Waals surface area (Å²) in [4.78, 5) is 0. The SMILES string of the molecule is c1ccc2c(c1)oc1ccc(-c3ccc4cc5c6cc(-c7ccc8oc9ccccc9c8c7)cc7c8cc9ccc(-c%10ccc%11oc%12ccccc%12c%11c%10)cc9cc8n(c5cc4c3)c67)cc12. The summed E-state index contributed by atoms with van der Waals surface area (Å²) >= 11 is 0. The summed E-state index contributed by atoms with van der Waals surface area (Å²) in [6.07, 6.45) is 0. The number of rotatable bonds is 3. The first kappa shape index (κ1) is 34.6. The Hall–Kier alpha value is -8.86. The number of fused-ring (bicyclic) bond motifs is 17. The van der Waals surface area contributed by atoms with E-state index < -0.39 is 0 Å². The van der Waals surface area contributed by atoms with Crippen LogP contribution in [-0.4, -0.2) is 4.40 Å². The molecule has 0 atom stereocenters. The number of hydrogen-bond donors (Lipinski definition) is 0. The summed E-state index contributed by atoms with van der Waals surface area (Å²) in [5.41, 5.74) is 16.2. The van der Waals surface area contributed by atoms with Crippen LogP contribution in [-0.2, 0) is 0 Å². The number of para-hydroxylation sites is 3. The van der Waals surface area contributed by atoms with E-state index in [1.54, 1.807) is 0 Å². The molecule has 66 heavy (non-hydrogen) atoms. The molecular weight excluding hydrogens is 807 g/mol. The van der Waals surface area contributed by atoms with Crippen LogP contribution in [0, 0.1) is 0 Å². The second-order valence-corrected chi connectivity index (χ2v) is 18.0. The zero-order chi connectivity index (χ0) is 42.8. The van der Waals surface area contributed by atoms with Crippen molar-refractivity contribution < 1.29 is 13.3 Å². The minimum atomic E-state index is 0.903. The molecule has 5 heterocycles. The highest BCUT2D eigenvalue weighted by molar-refractivity contribution is 6.27. The van der Waals surface area contributed by atoms with Crippen molar-refractivity contribution in [1.82, 2.24) is 4.40 Å². The van der Waals surface area contributed by atoms with Gasteiger partial charge in [-0.25, -0.2) is 0 Å². The summed E-state index contributed by atoms with van der Waals surface area (Å²) < 4.78 is 21.2. The van der Waals surface area contributed by atoms with Crippen LogP contribution < -0.4 is 0 Å². The molecule has 5 aromatic heterocycles. The van der Waals surface area contributed by atoms with Crippen LogP contribution in [0.3, 0.4) is 0 Å². The molecule has 16 rings (SSSR count). The smallest absolute Gasteiger partial charge is 0.135 e. The second kappa shape index (κ2) is 12.4. The van der Waals surface area contributed by atoms with Crippen LogP contribution in [0.2, 0.25) is 0 Å². The third kappa shape index (κ3) is 4.72. The van der Waals surface area contributed by atoms with Crippen molar-refractivity contribution in [2.24, 2.45) is 0 Å². The lowest BCUT2D eigenvalue weighted by molar-refractivity contribution is 0.668. The fraction of sp³-hybridized carbons (Fsp3) is 0. The van der Waals surface area contributed by atoms with Gasteiger partial charge in [-0.05, 0) is 158 Å². The molecule has 4 heteroatoms. The molecule has 0 amide bonds. The largest absolute Gasteiger partial charge is 0.456 e. The van der Waals surface area contributed by atoms with Crippen LogP contribution in [0.1, 0.15) is 0 Å². The highest BCUT2D eigenvalue weighted by Crippen LogP contribution is 2.46. The van der Waals surface area contributed by atoms with Crippen molar-refractivity contribution >= 4 is 125 Å². The molecule has 0 bridgehead atoms. The summed E-state index contributed by atoms with van der Waals surface area (Å²) in [7, 11) is 0. The van der Waals surface area contributed by atoms with Crippen LogP contribution >= 0.6 is 0 Å². The van der Waals surface area contributed by atoms with E-state index in [2.05, 4.69) is 168 Å². The maximum absolute atomic E-state index is 6.27. The lowest BCUT2D eigenvalue weighted by Gasteiger charge is -2.08. The predicted octanol–water partition coefficient (Wildman–Crippen LogP) is 17.8. The highest BCUT2D eigenvalue weighted by atomic mass is 16.3. The number of furan rings is 3. The molecule has 11 aromatic carbocycles. The normalized spacial score (nSPS) is 12.5. The van der Waals surface area contributed by atoms with Crippen molar-refractivity contribution in [2.75, 3.05) is 0 Å². The van der Waals surface area contributed by atoms with Crippen molar-refractivity contribution in [3.8, 4) is 33.4 Å². The molecule has 0 spiro atoms. The van der Waals surface area contributed by atoms with Gasteiger partial charge in [-0.3, -0.25) is 0 Å². The fourth-order valence-electron chi connectivity index (χ4n) is 11.3. The predicted molar refractivity (Wildman–Crippen MR) is 274 cm³/mol. The topological polar surface area (TPSA) is 43.8 Å². The summed E-state index contributed by atoms with van der Waals surface area (Å²) in [5.74, 6) is 0. The van der Waals surface area contributed by atoms with Crippen LogP contribution in [0.4, 0.5) is 0 Å². The van der Waals surface area contributed by atoms with E-state index in [-0.39, 0.29) is 0 Å². The van der Waals surface area contributed by atoms with Gasteiger partial charge in [0.15, 0.2) is 0 Å². The van der Waals surface area contributed by atoms with E-state index in [4.69, 9.17) is 13.3 Å². The first-order valence-electron chi connectivity index (χ1n) is 22.5. The maximum atomic E-state index is 6.27. The van der Waals surface area contributed by atoms with Crippen molar-refractivity contribution in [3.63, 3.8) is 0 Å². The van der Waals surface area contributed by atoms with E-state index in [0.29, 0.717) is 0 Å². The molecule has 0 aliphatic rings. The van der Waals surface area contributed by atoms with Gasteiger partial charge in [0.25, 0.3) is 0 Å². The Morgan fingerprint density at radius 2 is 0.576 bits per heavy atom. The van der Waals surface area contributed by atoms with E-state index in [0.717, 1.165) is 65.8 Å². The standard InChI is InChI=1S/C62H33NO3/c1-4-10-56-44(7-1)49-27-36(17-20-59(49)64-56)34-13-15-38-25-47-52-30-43(40-19-22-61-51(29-40)46-9-3-6-12-58(46)66-61)31-53-48-26-39-16-14-35(37-18-21-60-50(28-37)45-8-2-5-11-57(45)65-60)24-42(39)33-55(48)63(62(52)53)54(47)32-41(38)23-34/h1-33H. The summed E-state index contributed by atoms with van der Waals surface area (Å²) in [5, 5.41) is 16.6. The highest BCUT2D eigenvalue weighted by Gasteiger charge is 2.22.